The molecule has 3 aliphatic heterocycles. The van der Waals surface area contributed by atoms with E-state index in [2.05, 4.69) is 15.3 Å². The van der Waals surface area contributed by atoms with Crippen molar-refractivity contribution in [1.29, 1.82) is 0 Å². The molecule has 12 nitrogen and oxygen atoms in total. The van der Waals surface area contributed by atoms with Gasteiger partial charge >= 0.3 is 12.1 Å². The van der Waals surface area contributed by atoms with Crippen molar-refractivity contribution in [2.24, 2.45) is 0 Å². The average molecular weight is 519 g/mol. The number of pyridine rings is 1. The Morgan fingerprint density at radius 2 is 1.97 bits per heavy atom. The number of halogens is 1. The molecule has 192 valence electrons. The summed E-state index contributed by atoms with van der Waals surface area (Å²) in [5.74, 6) is 1.15. The van der Waals surface area contributed by atoms with E-state index >= 15 is 0 Å². The molecule has 0 aliphatic carbocycles. The number of amides is 3. The van der Waals surface area contributed by atoms with Crippen molar-refractivity contribution in [2.75, 3.05) is 44.3 Å². The van der Waals surface area contributed by atoms with E-state index in [1.807, 2.05) is 0 Å². The van der Waals surface area contributed by atoms with Gasteiger partial charge in [-0.15, -0.1) is 0 Å². The number of ether oxygens (including phenoxy) is 2. The molecule has 1 atom stereocenters. The molecule has 3 aliphatic rings. The van der Waals surface area contributed by atoms with E-state index in [0.29, 0.717) is 85.8 Å². The molecule has 36 heavy (non-hydrogen) atoms. The summed E-state index contributed by atoms with van der Waals surface area (Å²) in [6.45, 7) is 3.40. The Kier molecular flexibility index (Phi) is 7.01. The van der Waals surface area contributed by atoms with Crippen LogP contribution >= 0.6 is 11.6 Å². The van der Waals surface area contributed by atoms with Crippen LogP contribution in [0.25, 0.3) is 0 Å². The van der Waals surface area contributed by atoms with E-state index in [9.17, 15) is 19.9 Å². The van der Waals surface area contributed by atoms with Crippen molar-refractivity contribution in [3.8, 4) is 11.5 Å². The lowest BCUT2D eigenvalue weighted by molar-refractivity contribution is -0.817. The number of carbonyl (C=O) groups excluding carboxylic acids is 1. The molecule has 13 heteroatoms. The lowest BCUT2D eigenvalue weighted by Crippen LogP contribution is -3.12. The molecule has 1 aromatic carbocycles. The largest absolute Gasteiger partial charge is 0.603 e. The normalized spacial score (nSPS) is 20.0. The van der Waals surface area contributed by atoms with Crippen molar-refractivity contribution < 1.29 is 29.3 Å². The second-order valence-electron chi connectivity index (χ2n) is 8.87. The standard InChI is InChI=1S/C23H27ClN6O6/c24-15-1-2-18-19(11-15)28(22(31)26-30(18)34)8-7-27-5-3-17(4-6-27)29(23(32)33)14-16-12-20-21(13-25-16)36-10-9-35-20/h1-2,11-13,17,30H,3-10,14H2,(H,26,31)(H,32,33). The molecule has 4 heterocycles. The van der Waals surface area contributed by atoms with Gasteiger partial charge in [0.25, 0.3) is 0 Å². The van der Waals surface area contributed by atoms with Gasteiger partial charge in [-0.2, -0.15) is 5.43 Å². The summed E-state index contributed by atoms with van der Waals surface area (Å²) in [6.07, 6.45) is 1.89. The smallest absolute Gasteiger partial charge is 0.407 e. The van der Waals surface area contributed by atoms with Gasteiger partial charge in [0, 0.05) is 49.4 Å². The monoisotopic (exact) mass is 518 g/mol. The zero-order chi connectivity index (χ0) is 25.2. The average Bonchev–Trinajstić information content (AvgIpc) is 2.87. The maximum Gasteiger partial charge on any atom is 0.407 e. The second-order valence-corrected chi connectivity index (χ2v) is 9.31. The number of likely N-dealkylation sites (tertiary alicyclic amines) is 1. The Morgan fingerprint density at radius 3 is 2.72 bits per heavy atom. The maximum absolute atomic E-state index is 12.5. The molecular formula is C23H27ClN6O6. The van der Waals surface area contributed by atoms with Crippen LogP contribution in [0.2, 0.25) is 5.02 Å². The first-order valence-electron chi connectivity index (χ1n) is 11.8. The van der Waals surface area contributed by atoms with E-state index in [0.717, 1.165) is 0 Å². The number of rotatable bonds is 6. The number of benzene rings is 1. The van der Waals surface area contributed by atoms with Crippen molar-refractivity contribution >= 4 is 35.1 Å². The number of hydrogen-bond acceptors (Lipinski definition) is 7. The van der Waals surface area contributed by atoms with Crippen LogP contribution in [0.4, 0.5) is 21.0 Å². The molecule has 3 N–H and O–H groups in total. The van der Waals surface area contributed by atoms with Crippen molar-refractivity contribution in [2.45, 2.75) is 25.4 Å². The first kappa shape index (κ1) is 24.4. The zero-order valence-electron chi connectivity index (χ0n) is 19.5. The summed E-state index contributed by atoms with van der Waals surface area (Å²) in [7, 11) is 0. The lowest BCUT2D eigenvalue weighted by atomic mass is 10.0. The number of nitrogens with one attached hydrogen (secondary N) is 2. The Labute approximate surface area is 212 Å². The number of fused-ring (bicyclic) bond motifs is 2. The van der Waals surface area contributed by atoms with Gasteiger partial charge in [-0.25, -0.2) is 14.8 Å². The molecule has 3 amide bonds. The van der Waals surface area contributed by atoms with E-state index in [1.165, 1.54) is 9.80 Å². The summed E-state index contributed by atoms with van der Waals surface area (Å²) >= 11 is 6.10. The minimum Gasteiger partial charge on any atom is -0.603 e. The fourth-order valence-corrected chi connectivity index (χ4v) is 4.95. The van der Waals surface area contributed by atoms with Crippen LogP contribution in [-0.4, -0.2) is 77.4 Å². The number of piperidine rings is 1. The summed E-state index contributed by atoms with van der Waals surface area (Å²) in [5.41, 5.74) is 3.87. The fourth-order valence-electron chi connectivity index (χ4n) is 4.78. The van der Waals surface area contributed by atoms with Crippen LogP contribution in [0.5, 0.6) is 11.5 Å². The summed E-state index contributed by atoms with van der Waals surface area (Å²) in [4.78, 5) is 34.0. The summed E-state index contributed by atoms with van der Waals surface area (Å²) < 4.78 is 11.1. The van der Waals surface area contributed by atoms with E-state index < -0.39 is 17.3 Å². The minimum absolute atomic E-state index is 0.149. The number of anilines is 1. The third kappa shape index (κ3) is 5.12. The molecule has 1 saturated heterocycles. The quantitative estimate of drug-likeness (QED) is 0.491. The molecule has 0 bridgehead atoms. The maximum atomic E-state index is 12.5. The van der Waals surface area contributed by atoms with Gasteiger partial charge in [0.2, 0.25) is 0 Å². The highest BCUT2D eigenvalue weighted by Gasteiger charge is 2.32. The summed E-state index contributed by atoms with van der Waals surface area (Å²) in [5, 5.41) is 22.0. The number of quaternary nitrogens is 1. The third-order valence-corrected chi connectivity index (χ3v) is 6.90. The molecule has 1 unspecified atom stereocenters. The van der Waals surface area contributed by atoms with Gasteiger partial charge in [0.1, 0.15) is 18.9 Å². The van der Waals surface area contributed by atoms with Crippen LogP contribution in [0.3, 0.4) is 0 Å². The van der Waals surface area contributed by atoms with Crippen molar-refractivity contribution in [1.82, 2.24) is 20.2 Å². The fraction of sp³-hybridized carbons (Fsp3) is 0.435. The SMILES string of the molecule is O=C1N[NH+]([O-])c2ccc(Cl)cc2N1CCN1CCC(N(Cc2cc3c(cn2)OCCO3)C(=O)O)CC1. The molecule has 2 aromatic rings. The number of hydrogen-bond donors (Lipinski definition) is 3. The first-order chi connectivity index (χ1) is 17.4. The topological polar surface area (TPSA) is 135 Å². The highest BCUT2D eigenvalue weighted by atomic mass is 35.5. The first-order valence-corrected chi connectivity index (χ1v) is 12.2. The highest BCUT2D eigenvalue weighted by Crippen LogP contribution is 2.31. The molecular weight excluding hydrogens is 492 g/mol. The number of carbonyl (C=O) groups is 2. The lowest BCUT2D eigenvalue weighted by Gasteiger charge is -2.39. The van der Waals surface area contributed by atoms with Gasteiger partial charge in [0.05, 0.1) is 18.4 Å². The van der Waals surface area contributed by atoms with Crippen LogP contribution in [0, 0.1) is 5.21 Å². The van der Waals surface area contributed by atoms with Crippen LogP contribution < -0.4 is 25.0 Å². The van der Waals surface area contributed by atoms with Gasteiger partial charge < -0.3 is 24.7 Å². The number of urea groups is 1. The summed E-state index contributed by atoms with van der Waals surface area (Å²) in [6, 6.07) is 5.95. The van der Waals surface area contributed by atoms with Gasteiger partial charge in [-0.1, -0.05) is 11.6 Å². The van der Waals surface area contributed by atoms with Gasteiger partial charge in [-0.05, 0) is 25.0 Å². The molecule has 1 fully saturated rings. The Hall–Kier alpha value is -3.32. The molecule has 0 spiro atoms. The van der Waals surface area contributed by atoms with E-state index in [1.54, 1.807) is 30.5 Å². The van der Waals surface area contributed by atoms with Crippen LogP contribution in [0.1, 0.15) is 18.5 Å². The zero-order valence-corrected chi connectivity index (χ0v) is 20.2. The molecule has 0 radical (unpaired) electrons. The predicted octanol–water partition coefficient (Wildman–Crippen LogP) is 1.61. The van der Waals surface area contributed by atoms with Crippen molar-refractivity contribution in [3.63, 3.8) is 0 Å². The van der Waals surface area contributed by atoms with Crippen molar-refractivity contribution in [3.05, 3.63) is 46.4 Å². The second kappa shape index (κ2) is 10.3. The van der Waals surface area contributed by atoms with Crippen LogP contribution in [-0.2, 0) is 6.54 Å². The van der Waals surface area contributed by atoms with Crippen LogP contribution in [0.15, 0.2) is 30.5 Å². The Balaban J connectivity index is 1.18. The van der Waals surface area contributed by atoms with E-state index in [4.69, 9.17) is 21.1 Å². The number of nitrogens with zero attached hydrogens (tertiary/aromatic N) is 4. The Bertz CT molecular complexity index is 1140. The highest BCUT2D eigenvalue weighted by molar-refractivity contribution is 6.31. The van der Waals surface area contributed by atoms with Gasteiger partial charge in [-0.3, -0.25) is 14.8 Å². The minimum atomic E-state index is -0.992. The third-order valence-electron chi connectivity index (χ3n) is 6.66. The predicted molar refractivity (Wildman–Crippen MR) is 130 cm³/mol. The Morgan fingerprint density at radius 1 is 1.22 bits per heavy atom. The molecule has 1 aromatic heterocycles. The number of aromatic nitrogens is 1. The number of carboxylic acid groups (broad SMARTS) is 1. The molecule has 5 rings (SSSR count). The van der Waals surface area contributed by atoms with E-state index in [-0.39, 0.29) is 12.6 Å². The molecule has 0 saturated carbocycles. The van der Waals surface area contributed by atoms with Gasteiger partial charge in [0.15, 0.2) is 17.2 Å².